The lowest BCUT2D eigenvalue weighted by Gasteiger charge is -1.97. The summed E-state index contributed by atoms with van der Waals surface area (Å²) in [6.07, 6.45) is 0. The molecule has 0 bridgehead atoms. The molecule has 0 aliphatic carbocycles. The predicted octanol–water partition coefficient (Wildman–Crippen LogP) is 2.60. The molecule has 0 fully saturated rings. The number of aromatic hydroxyl groups is 2. The summed E-state index contributed by atoms with van der Waals surface area (Å²) in [7, 11) is 0. The zero-order chi connectivity index (χ0) is 11.4. The van der Waals surface area contributed by atoms with Crippen LogP contribution in [0.25, 0.3) is 0 Å². The average Bonchev–Trinajstić information content (AvgIpc) is 2.30. The number of nitrogens with zero attached hydrogens (tertiary/aromatic N) is 2. The van der Waals surface area contributed by atoms with Crippen molar-refractivity contribution in [3.05, 3.63) is 48.5 Å². The first-order valence-corrected chi connectivity index (χ1v) is 4.75. The van der Waals surface area contributed by atoms with Gasteiger partial charge >= 0.3 is 23.1 Å². The van der Waals surface area contributed by atoms with Crippen LogP contribution >= 0.6 is 0 Å². The summed E-state index contributed by atoms with van der Waals surface area (Å²) in [5.74, 6) is 0.114. The summed E-state index contributed by atoms with van der Waals surface area (Å²) in [6.45, 7) is 0. The smallest absolute Gasteiger partial charge is 0.316 e. The molecule has 0 aliphatic rings. The highest BCUT2D eigenvalue weighted by Gasteiger charge is 1.99. The molecule has 0 amide bonds. The van der Waals surface area contributed by atoms with Gasteiger partial charge in [-0.1, -0.05) is 24.3 Å². The molecule has 0 heterocycles. The van der Waals surface area contributed by atoms with Crippen LogP contribution < -0.4 is 0 Å². The van der Waals surface area contributed by atoms with Crippen LogP contribution in [0, 0.1) is 0 Å². The first-order chi connectivity index (χ1) is 7.77. The topological polar surface area (TPSA) is 65.2 Å². The third kappa shape index (κ3) is 3.44. The SMILES string of the molecule is Oc1ccccc1N=Nc1ccccc1O.[MgH2]. The minimum absolute atomic E-state index is 0. The van der Waals surface area contributed by atoms with Gasteiger partial charge in [0.25, 0.3) is 0 Å². The van der Waals surface area contributed by atoms with Crippen molar-refractivity contribution in [3.63, 3.8) is 0 Å². The Hall–Kier alpha value is -1.59. The fraction of sp³-hybridized carbons (Fsp3) is 0. The quantitative estimate of drug-likeness (QED) is 0.626. The maximum atomic E-state index is 9.44. The lowest BCUT2D eigenvalue weighted by atomic mass is 10.3. The van der Waals surface area contributed by atoms with Crippen LogP contribution in [-0.4, -0.2) is 33.3 Å². The normalized spacial score (nSPS) is 10.1. The van der Waals surface area contributed by atoms with E-state index < -0.39 is 0 Å². The van der Waals surface area contributed by atoms with Crippen molar-refractivity contribution in [2.75, 3.05) is 0 Å². The van der Waals surface area contributed by atoms with Crippen molar-refractivity contribution in [1.29, 1.82) is 0 Å². The van der Waals surface area contributed by atoms with Gasteiger partial charge in [-0.25, -0.2) is 0 Å². The molecule has 0 spiro atoms. The molecule has 0 unspecified atom stereocenters. The van der Waals surface area contributed by atoms with E-state index in [4.69, 9.17) is 0 Å². The van der Waals surface area contributed by atoms with Crippen molar-refractivity contribution in [2.24, 2.45) is 10.2 Å². The number of rotatable bonds is 2. The van der Waals surface area contributed by atoms with Crippen LogP contribution in [0.3, 0.4) is 0 Å². The van der Waals surface area contributed by atoms with E-state index in [0.29, 0.717) is 11.4 Å². The molecule has 5 heteroatoms. The van der Waals surface area contributed by atoms with Gasteiger partial charge in [0.1, 0.15) is 22.9 Å². The van der Waals surface area contributed by atoms with Crippen LogP contribution in [0.2, 0.25) is 0 Å². The van der Waals surface area contributed by atoms with Crippen molar-refractivity contribution in [1.82, 2.24) is 0 Å². The third-order valence-corrected chi connectivity index (χ3v) is 2.03. The molecule has 17 heavy (non-hydrogen) atoms. The van der Waals surface area contributed by atoms with Crippen LogP contribution in [-0.2, 0) is 0 Å². The van der Waals surface area contributed by atoms with Gasteiger partial charge in [-0.15, -0.1) is 10.2 Å². The van der Waals surface area contributed by atoms with E-state index in [2.05, 4.69) is 10.2 Å². The van der Waals surface area contributed by atoms with E-state index in [0.717, 1.165) is 0 Å². The first kappa shape index (κ1) is 13.5. The predicted molar refractivity (Wildman–Crippen MR) is 68.9 cm³/mol. The van der Waals surface area contributed by atoms with Gasteiger partial charge in [-0.05, 0) is 24.3 Å². The molecule has 2 aromatic rings. The second-order valence-electron chi connectivity index (χ2n) is 3.18. The lowest BCUT2D eigenvalue weighted by molar-refractivity contribution is 0.474. The number of azo groups is 1. The van der Waals surface area contributed by atoms with Crippen LogP contribution in [0.5, 0.6) is 11.5 Å². The van der Waals surface area contributed by atoms with Crippen molar-refractivity contribution < 1.29 is 10.2 Å². The molecule has 0 saturated carbocycles. The van der Waals surface area contributed by atoms with Gasteiger partial charge in [0, 0.05) is 0 Å². The zero-order valence-corrected chi connectivity index (χ0v) is 8.41. The Morgan fingerprint density at radius 2 is 1.00 bits per heavy atom. The molecule has 0 radical (unpaired) electrons. The van der Waals surface area contributed by atoms with E-state index in [9.17, 15) is 10.2 Å². The van der Waals surface area contributed by atoms with E-state index in [-0.39, 0.29) is 34.6 Å². The summed E-state index contributed by atoms with van der Waals surface area (Å²) in [4.78, 5) is 0. The standard InChI is InChI=1S/C12H10N2O2.Mg.2H/c15-11-7-3-1-5-9(11)13-14-10-6-2-4-8-12(10)16;;;/h1-8,15-16H;;;. The van der Waals surface area contributed by atoms with Gasteiger partial charge in [-0.2, -0.15) is 0 Å². The Bertz CT molecular complexity index is 482. The van der Waals surface area contributed by atoms with Gasteiger partial charge in [0.2, 0.25) is 0 Å². The maximum Gasteiger partial charge on any atom is 0.316 e. The highest BCUT2D eigenvalue weighted by molar-refractivity contribution is 5.75. The summed E-state index contributed by atoms with van der Waals surface area (Å²) in [5.41, 5.74) is 0.733. The Balaban J connectivity index is 0.00000144. The fourth-order valence-corrected chi connectivity index (χ4v) is 1.21. The summed E-state index contributed by atoms with van der Waals surface area (Å²) < 4.78 is 0. The fourth-order valence-electron chi connectivity index (χ4n) is 1.21. The second kappa shape index (κ2) is 6.22. The largest absolute Gasteiger partial charge is 0.506 e. The summed E-state index contributed by atoms with van der Waals surface area (Å²) in [5, 5.41) is 26.6. The maximum absolute atomic E-state index is 9.44. The number of phenols is 2. The molecule has 0 aromatic heterocycles. The number of hydrogen-bond donors (Lipinski definition) is 2. The summed E-state index contributed by atoms with van der Waals surface area (Å²) >= 11 is 0. The Morgan fingerprint density at radius 1 is 0.647 bits per heavy atom. The van der Waals surface area contributed by atoms with E-state index in [1.165, 1.54) is 12.1 Å². The molecule has 2 aromatic carbocycles. The number of phenolic OH excluding ortho intramolecular Hbond substituents is 2. The third-order valence-electron chi connectivity index (χ3n) is 2.03. The molecule has 2 rings (SSSR count). The highest BCUT2D eigenvalue weighted by Crippen LogP contribution is 2.30. The number of benzene rings is 2. The van der Waals surface area contributed by atoms with Crippen LogP contribution in [0.1, 0.15) is 0 Å². The minimum atomic E-state index is 0. The lowest BCUT2D eigenvalue weighted by Crippen LogP contribution is -1.68. The Labute approximate surface area is 115 Å². The molecule has 84 valence electrons. The van der Waals surface area contributed by atoms with Gasteiger partial charge < -0.3 is 10.2 Å². The monoisotopic (exact) mass is 240 g/mol. The van der Waals surface area contributed by atoms with Crippen LogP contribution in [0.4, 0.5) is 11.4 Å². The summed E-state index contributed by atoms with van der Waals surface area (Å²) in [6, 6.07) is 13.2. The minimum Gasteiger partial charge on any atom is -0.506 e. The molecular weight excluding hydrogens is 228 g/mol. The number of para-hydroxylation sites is 2. The average molecular weight is 241 g/mol. The van der Waals surface area contributed by atoms with Crippen LogP contribution in [0.15, 0.2) is 58.8 Å². The number of hydrogen-bond acceptors (Lipinski definition) is 4. The van der Waals surface area contributed by atoms with E-state index >= 15 is 0 Å². The van der Waals surface area contributed by atoms with E-state index in [1.807, 2.05) is 0 Å². The zero-order valence-electron chi connectivity index (χ0n) is 8.41. The molecule has 0 atom stereocenters. The molecule has 4 nitrogen and oxygen atoms in total. The van der Waals surface area contributed by atoms with Gasteiger partial charge in [0.05, 0.1) is 0 Å². The van der Waals surface area contributed by atoms with Crippen molar-refractivity contribution in [3.8, 4) is 11.5 Å². The molecule has 0 aliphatic heterocycles. The van der Waals surface area contributed by atoms with Crippen molar-refractivity contribution >= 4 is 34.4 Å². The molecule has 0 saturated heterocycles. The highest BCUT2D eigenvalue weighted by atomic mass is 24.3. The Morgan fingerprint density at radius 3 is 1.35 bits per heavy atom. The van der Waals surface area contributed by atoms with Gasteiger partial charge in [0.15, 0.2) is 0 Å². The van der Waals surface area contributed by atoms with E-state index in [1.54, 1.807) is 36.4 Å². The Kier molecular flexibility index (Phi) is 4.93. The van der Waals surface area contributed by atoms with Gasteiger partial charge in [-0.3, -0.25) is 0 Å². The van der Waals surface area contributed by atoms with Crippen molar-refractivity contribution in [2.45, 2.75) is 0 Å². The first-order valence-electron chi connectivity index (χ1n) is 4.75. The second-order valence-corrected chi connectivity index (χ2v) is 3.18. The molecule has 2 N–H and O–H groups in total. The molecular formula is C12H12MgN2O2.